The Balaban J connectivity index is 3.01. The highest BCUT2D eigenvalue weighted by Crippen LogP contribution is 2.29. The lowest BCUT2D eigenvalue weighted by molar-refractivity contribution is -0.123. The minimum Gasteiger partial charge on any atom is -0.320 e. The van der Waals surface area contributed by atoms with Gasteiger partial charge in [0, 0.05) is 0 Å². The minimum atomic E-state index is -0.625. The van der Waals surface area contributed by atoms with Gasteiger partial charge in [0.05, 0.1) is 0 Å². The van der Waals surface area contributed by atoms with E-state index in [9.17, 15) is 4.79 Å². The van der Waals surface area contributed by atoms with Gasteiger partial charge in [0.2, 0.25) is 0 Å². The average molecular weight is 254 g/mol. The third kappa shape index (κ3) is 1.38. The number of amides is 1. The first-order valence-electron chi connectivity index (χ1n) is 3.54. The molecule has 0 aromatic heterocycles. The lowest BCUT2D eigenvalue weighted by atomic mass is 10.1. The Labute approximate surface area is 84.9 Å². The van der Waals surface area contributed by atoms with Crippen molar-refractivity contribution in [1.29, 1.82) is 0 Å². The monoisotopic (exact) mass is 252 g/mol. The second kappa shape index (κ2) is 3.00. The van der Waals surface area contributed by atoms with Crippen LogP contribution in [0.1, 0.15) is 20.8 Å². The van der Waals surface area contributed by atoms with Crippen LogP contribution in [0.25, 0.3) is 0 Å². The number of aliphatic imine (C=N–C) groups is 1. The van der Waals surface area contributed by atoms with Crippen LogP contribution in [0.15, 0.2) is 4.99 Å². The van der Waals surface area contributed by atoms with Crippen molar-refractivity contribution >= 4 is 39.3 Å². The highest BCUT2D eigenvalue weighted by atomic mass is 79.9. The van der Waals surface area contributed by atoms with Crippen LogP contribution < -0.4 is 0 Å². The fraction of sp³-hybridized carbons (Fsp3) is 0.714. The summed E-state index contributed by atoms with van der Waals surface area (Å²) in [7, 11) is 0. The van der Waals surface area contributed by atoms with Crippen molar-refractivity contribution in [3.05, 3.63) is 0 Å². The molecule has 0 saturated heterocycles. The Hall–Kier alpha value is -0.0900. The number of alkyl halides is 2. The first kappa shape index (κ1) is 9.99. The molecule has 0 bridgehead atoms. The molecule has 0 N–H and O–H groups in total. The number of amidine groups is 1. The number of rotatable bonds is 1. The molecular weight excluding hydrogens is 243 g/mol. The lowest BCUT2D eigenvalue weighted by Crippen LogP contribution is -2.48. The predicted octanol–water partition coefficient (Wildman–Crippen LogP) is 1.94. The fourth-order valence-corrected chi connectivity index (χ4v) is 2.42. The maximum Gasteiger partial charge on any atom is 0.272 e. The zero-order valence-corrected chi connectivity index (χ0v) is 9.48. The molecule has 68 valence electrons. The molecule has 1 aliphatic heterocycles. The van der Waals surface area contributed by atoms with E-state index in [1.807, 2.05) is 0 Å². The van der Waals surface area contributed by atoms with E-state index in [0.29, 0.717) is 5.84 Å². The summed E-state index contributed by atoms with van der Waals surface area (Å²) in [5.74, 6) is 0.506. The van der Waals surface area contributed by atoms with Gasteiger partial charge in [0.25, 0.3) is 5.91 Å². The van der Waals surface area contributed by atoms with Crippen molar-refractivity contribution in [3.8, 4) is 0 Å². The molecule has 0 saturated carbocycles. The highest BCUT2D eigenvalue weighted by Gasteiger charge is 2.43. The molecular formula is C7H10BrClN2O. The Morgan fingerprint density at radius 3 is 2.33 bits per heavy atom. The first-order chi connectivity index (χ1) is 5.37. The lowest BCUT2D eigenvalue weighted by Gasteiger charge is -2.32. The second-order valence-corrected chi connectivity index (χ2v) is 4.98. The number of nitrogens with zero attached hydrogens (tertiary/aromatic N) is 2. The maximum atomic E-state index is 11.3. The standard InChI is InChI=1S/C7H10BrClN2O/c1-4-10-5(12)7(2,3)11(4)6(8)9/h6H,1-3H3. The van der Waals surface area contributed by atoms with E-state index in [4.69, 9.17) is 11.6 Å². The molecule has 12 heavy (non-hydrogen) atoms. The van der Waals surface area contributed by atoms with Crippen molar-refractivity contribution in [2.45, 2.75) is 30.7 Å². The van der Waals surface area contributed by atoms with Crippen molar-refractivity contribution in [2.75, 3.05) is 0 Å². The van der Waals surface area contributed by atoms with E-state index in [-0.39, 0.29) is 10.3 Å². The molecule has 1 rings (SSSR count). The van der Waals surface area contributed by atoms with E-state index in [1.165, 1.54) is 0 Å². The van der Waals surface area contributed by atoms with Crippen molar-refractivity contribution < 1.29 is 4.79 Å². The Morgan fingerprint density at radius 2 is 2.17 bits per heavy atom. The number of hydrogen-bond donors (Lipinski definition) is 0. The van der Waals surface area contributed by atoms with E-state index in [0.717, 1.165) is 0 Å². The predicted molar refractivity (Wildman–Crippen MR) is 52.6 cm³/mol. The number of hydrogen-bond acceptors (Lipinski definition) is 2. The Morgan fingerprint density at radius 1 is 1.67 bits per heavy atom. The summed E-state index contributed by atoms with van der Waals surface area (Å²) in [4.78, 5) is 16.9. The SMILES string of the molecule is CC1=NC(=O)C(C)(C)N1C(Cl)Br. The molecule has 5 heteroatoms. The van der Waals surface area contributed by atoms with Gasteiger partial charge in [-0.2, -0.15) is 4.99 Å². The zero-order valence-electron chi connectivity index (χ0n) is 7.14. The summed E-state index contributed by atoms with van der Waals surface area (Å²) in [6.07, 6.45) is 0. The normalized spacial score (nSPS) is 24.2. The molecule has 3 nitrogen and oxygen atoms in total. The van der Waals surface area contributed by atoms with Gasteiger partial charge in [-0.05, 0) is 36.7 Å². The van der Waals surface area contributed by atoms with Crippen LogP contribution in [-0.2, 0) is 4.79 Å². The minimum absolute atomic E-state index is 0.148. The van der Waals surface area contributed by atoms with Gasteiger partial charge in [0.15, 0.2) is 4.41 Å². The molecule has 1 aliphatic rings. The fourth-order valence-electron chi connectivity index (χ4n) is 1.23. The molecule has 0 aromatic carbocycles. The maximum absolute atomic E-state index is 11.3. The number of carbonyl (C=O) groups is 1. The average Bonchev–Trinajstić information content (AvgIpc) is 2.02. The largest absolute Gasteiger partial charge is 0.320 e. The summed E-state index contributed by atoms with van der Waals surface area (Å²) in [5, 5.41) is 0. The van der Waals surface area contributed by atoms with Gasteiger partial charge in [-0.3, -0.25) is 4.79 Å². The molecule has 1 amide bonds. The number of halogens is 2. The molecule has 1 atom stereocenters. The molecule has 1 heterocycles. The van der Waals surface area contributed by atoms with Gasteiger partial charge in [0.1, 0.15) is 11.4 Å². The van der Waals surface area contributed by atoms with Crippen LogP contribution in [0.2, 0.25) is 0 Å². The Kier molecular flexibility index (Phi) is 2.50. The third-order valence-corrected chi connectivity index (χ3v) is 2.54. The van der Waals surface area contributed by atoms with E-state index < -0.39 is 5.54 Å². The third-order valence-electron chi connectivity index (χ3n) is 1.93. The van der Waals surface area contributed by atoms with E-state index >= 15 is 0 Å². The van der Waals surface area contributed by atoms with Crippen molar-refractivity contribution in [1.82, 2.24) is 4.90 Å². The van der Waals surface area contributed by atoms with Crippen LogP contribution in [-0.4, -0.2) is 26.6 Å². The van der Waals surface area contributed by atoms with Crippen LogP contribution in [0.4, 0.5) is 0 Å². The van der Waals surface area contributed by atoms with Crippen molar-refractivity contribution in [3.63, 3.8) is 0 Å². The number of carbonyl (C=O) groups excluding carboxylic acids is 1. The first-order valence-corrected chi connectivity index (χ1v) is 4.90. The van der Waals surface area contributed by atoms with Crippen LogP contribution in [0.5, 0.6) is 0 Å². The zero-order chi connectivity index (χ0) is 9.52. The summed E-state index contributed by atoms with van der Waals surface area (Å²) >= 11 is 9.04. The van der Waals surface area contributed by atoms with E-state index in [2.05, 4.69) is 20.9 Å². The molecule has 0 aliphatic carbocycles. The molecule has 1 unspecified atom stereocenters. The quantitative estimate of drug-likeness (QED) is 0.528. The Bertz CT molecular complexity index is 250. The van der Waals surface area contributed by atoms with Crippen LogP contribution in [0, 0.1) is 0 Å². The molecule has 0 fully saturated rings. The summed E-state index contributed by atoms with van der Waals surface area (Å²) in [5.41, 5.74) is -0.625. The highest BCUT2D eigenvalue weighted by molar-refractivity contribution is 9.10. The molecule has 0 spiro atoms. The molecule has 0 radical (unpaired) electrons. The van der Waals surface area contributed by atoms with Gasteiger partial charge in [-0.1, -0.05) is 11.6 Å². The summed E-state index contributed by atoms with van der Waals surface area (Å²) < 4.78 is -0.386. The topological polar surface area (TPSA) is 32.7 Å². The van der Waals surface area contributed by atoms with Crippen molar-refractivity contribution in [2.24, 2.45) is 4.99 Å². The summed E-state index contributed by atoms with van der Waals surface area (Å²) in [6, 6.07) is 0. The molecule has 0 aromatic rings. The second-order valence-electron chi connectivity index (χ2n) is 3.17. The van der Waals surface area contributed by atoms with Gasteiger partial charge >= 0.3 is 0 Å². The summed E-state index contributed by atoms with van der Waals surface area (Å²) in [6.45, 7) is 5.36. The smallest absolute Gasteiger partial charge is 0.272 e. The van der Waals surface area contributed by atoms with Gasteiger partial charge < -0.3 is 4.90 Å². The van der Waals surface area contributed by atoms with Gasteiger partial charge in [-0.15, -0.1) is 0 Å². The van der Waals surface area contributed by atoms with E-state index in [1.54, 1.807) is 25.7 Å². The van der Waals surface area contributed by atoms with Crippen LogP contribution in [0.3, 0.4) is 0 Å². The van der Waals surface area contributed by atoms with Crippen LogP contribution >= 0.6 is 27.5 Å². The van der Waals surface area contributed by atoms with Gasteiger partial charge in [-0.25, -0.2) is 0 Å².